The van der Waals surface area contributed by atoms with Gasteiger partial charge in [0.2, 0.25) is 5.91 Å². The van der Waals surface area contributed by atoms with Crippen LogP contribution >= 0.6 is 0 Å². The van der Waals surface area contributed by atoms with Crippen molar-refractivity contribution < 1.29 is 4.79 Å². The molecule has 0 aliphatic rings. The molecule has 0 saturated carbocycles. The monoisotopic (exact) mass is 256 g/mol. The maximum atomic E-state index is 11.5. The maximum Gasteiger partial charge on any atom is 0.221 e. The van der Waals surface area contributed by atoms with Crippen LogP contribution in [0.5, 0.6) is 0 Å². The smallest absolute Gasteiger partial charge is 0.221 e. The van der Waals surface area contributed by atoms with E-state index in [1.807, 2.05) is 0 Å². The lowest BCUT2D eigenvalue weighted by Gasteiger charge is -2.15. The van der Waals surface area contributed by atoms with E-state index in [1.54, 1.807) is 0 Å². The summed E-state index contributed by atoms with van der Waals surface area (Å²) >= 11 is 0. The van der Waals surface area contributed by atoms with Gasteiger partial charge in [-0.05, 0) is 24.8 Å². The van der Waals surface area contributed by atoms with Gasteiger partial charge in [0.1, 0.15) is 0 Å². The number of hydrogen-bond acceptors (Lipinski definition) is 2. The van der Waals surface area contributed by atoms with E-state index in [9.17, 15) is 4.79 Å². The van der Waals surface area contributed by atoms with Gasteiger partial charge in [0.15, 0.2) is 0 Å². The Morgan fingerprint density at radius 1 is 1.17 bits per heavy atom. The van der Waals surface area contributed by atoms with Crippen LogP contribution in [-0.2, 0) is 4.79 Å². The maximum absolute atomic E-state index is 11.5. The number of rotatable bonds is 11. The summed E-state index contributed by atoms with van der Waals surface area (Å²) in [5.41, 5.74) is 0. The number of unbranched alkanes of at least 4 members (excludes halogenated alkanes) is 1. The predicted molar refractivity (Wildman–Crippen MR) is 78.6 cm³/mol. The van der Waals surface area contributed by atoms with Gasteiger partial charge in [0.25, 0.3) is 0 Å². The van der Waals surface area contributed by atoms with E-state index in [-0.39, 0.29) is 5.91 Å². The van der Waals surface area contributed by atoms with E-state index >= 15 is 0 Å². The Morgan fingerprint density at radius 3 is 2.44 bits per heavy atom. The van der Waals surface area contributed by atoms with E-state index < -0.39 is 0 Å². The topological polar surface area (TPSA) is 41.1 Å². The minimum Gasteiger partial charge on any atom is -0.356 e. The summed E-state index contributed by atoms with van der Waals surface area (Å²) < 4.78 is 0. The highest BCUT2D eigenvalue weighted by Crippen LogP contribution is 2.10. The first-order valence-electron chi connectivity index (χ1n) is 7.57. The summed E-state index contributed by atoms with van der Waals surface area (Å²) in [7, 11) is 0. The van der Waals surface area contributed by atoms with Gasteiger partial charge in [-0.1, -0.05) is 47.0 Å². The molecule has 3 heteroatoms. The lowest BCUT2D eigenvalue weighted by molar-refractivity contribution is -0.121. The molecule has 3 nitrogen and oxygen atoms in total. The molecule has 0 fully saturated rings. The van der Waals surface area contributed by atoms with Crippen LogP contribution in [0.25, 0.3) is 0 Å². The molecule has 108 valence electrons. The van der Waals surface area contributed by atoms with Crippen molar-refractivity contribution in [2.24, 2.45) is 11.8 Å². The van der Waals surface area contributed by atoms with Crippen molar-refractivity contribution in [2.75, 3.05) is 19.6 Å². The molecule has 0 rings (SSSR count). The van der Waals surface area contributed by atoms with E-state index in [2.05, 4.69) is 38.3 Å². The quantitative estimate of drug-likeness (QED) is 0.558. The first kappa shape index (κ1) is 17.4. The second kappa shape index (κ2) is 11.5. The number of carbonyl (C=O) groups is 1. The van der Waals surface area contributed by atoms with Crippen LogP contribution in [0.2, 0.25) is 0 Å². The molecule has 1 amide bonds. The lowest BCUT2D eigenvalue weighted by atomic mass is 9.99. The third-order valence-electron chi connectivity index (χ3n) is 3.21. The van der Waals surface area contributed by atoms with Crippen molar-refractivity contribution in [3.8, 4) is 0 Å². The zero-order chi connectivity index (χ0) is 13.8. The molecule has 18 heavy (non-hydrogen) atoms. The Labute approximate surface area is 113 Å². The minimum atomic E-state index is 0.165. The Kier molecular flexibility index (Phi) is 11.2. The third-order valence-corrected chi connectivity index (χ3v) is 3.21. The highest BCUT2D eigenvalue weighted by Gasteiger charge is 2.06. The third kappa shape index (κ3) is 10.6. The molecule has 0 saturated heterocycles. The van der Waals surface area contributed by atoms with Gasteiger partial charge in [-0.25, -0.2) is 0 Å². The first-order valence-corrected chi connectivity index (χ1v) is 7.57. The molecule has 0 aromatic carbocycles. The molecule has 1 unspecified atom stereocenters. The average Bonchev–Trinajstić information content (AvgIpc) is 2.35. The molecule has 0 heterocycles. The molecule has 0 aromatic heterocycles. The molecule has 0 aliphatic heterocycles. The van der Waals surface area contributed by atoms with Crippen LogP contribution in [0.3, 0.4) is 0 Å². The molecule has 0 radical (unpaired) electrons. The Balaban J connectivity index is 3.49. The SMILES string of the molecule is CCCCC(CC)CNCCC(=O)NCC(C)C. The van der Waals surface area contributed by atoms with Gasteiger partial charge in [-0.2, -0.15) is 0 Å². The molecular formula is C15H32N2O. The number of carbonyl (C=O) groups excluding carboxylic acids is 1. The van der Waals surface area contributed by atoms with Crippen molar-refractivity contribution in [1.29, 1.82) is 0 Å². The summed E-state index contributed by atoms with van der Waals surface area (Å²) in [4.78, 5) is 11.5. The first-order chi connectivity index (χ1) is 8.60. The second-order valence-corrected chi connectivity index (χ2v) is 5.57. The van der Waals surface area contributed by atoms with Crippen LogP contribution in [0.4, 0.5) is 0 Å². The summed E-state index contributed by atoms with van der Waals surface area (Å²) in [5.74, 6) is 1.46. The van der Waals surface area contributed by atoms with Crippen molar-refractivity contribution in [2.45, 2.75) is 59.8 Å². The van der Waals surface area contributed by atoms with Crippen molar-refractivity contribution in [3.63, 3.8) is 0 Å². The summed E-state index contributed by atoms with van der Waals surface area (Å²) in [6.45, 7) is 11.3. The largest absolute Gasteiger partial charge is 0.356 e. The van der Waals surface area contributed by atoms with Gasteiger partial charge in [-0.15, -0.1) is 0 Å². The highest BCUT2D eigenvalue weighted by atomic mass is 16.1. The Hall–Kier alpha value is -0.570. The summed E-state index contributed by atoms with van der Waals surface area (Å²) in [6.07, 6.45) is 5.71. The number of nitrogens with one attached hydrogen (secondary N) is 2. The fourth-order valence-electron chi connectivity index (χ4n) is 1.86. The predicted octanol–water partition coefficient (Wildman–Crippen LogP) is 2.95. The number of amides is 1. The lowest BCUT2D eigenvalue weighted by Crippen LogP contribution is -2.31. The normalized spacial score (nSPS) is 12.7. The van der Waals surface area contributed by atoms with Crippen molar-refractivity contribution in [3.05, 3.63) is 0 Å². The van der Waals surface area contributed by atoms with Crippen LogP contribution in [-0.4, -0.2) is 25.5 Å². The number of hydrogen-bond donors (Lipinski definition) is 2. The standard InChI is InChI=1S/C15H32N2O/c1-5-7-8-14(6-2)12-16-10-9-15(18)17-11-13(3)4/h13-14,16H,5-12H2,1-4H3,(H,17,18). The second-order valence-electron chi connectivity index (χ2n) is 5.57. The van der Waals surface area contributed by atoms with Gasteiger partial charge < -0.3 is 10.6 Å². The zero-order valence-electron chi connectivity index (χ0n) is 12.7. The molecule has 1 atom stereocenters. The Morgan fingerprint density at radius 2 is 1.89 bits per heavy atom. The van der Waals surface area contributed by atoms with Crippen molar-refractivity contribution >= 4 is 5.91 Å². The van der Waals surface area contributed by atoms with E-state index in [4.69, 9.17) is 0 Å². The van der Waals surface area contributed by atoms with Gasteiger partial charge in [0, 0.05) is 19.5 Å². The Bertz CT molecular complexity index is 205. The van der Waals surface area contributed by atoms with Crippen molar-refractivity contribution in [1.82, 2.24) is 10.6 Å². The molecule has 0 bridgehead atoms. The van der Waals surface area contributed by atoms with E-state index in [1.165, 1.54) is 25.7 Å². The fourth-order valence-corrected chi connectivity index (χ4v) is 1.86. The van der Waals surface area contributed by atoms with Crippen LogP contribution in [0, 0.1) is 11.8 Å². The van der Waals surface area contributed by atoms with E-state index in [0.717, 1.165) is 25.6 Å². The van der Waals surface area contributed by atoms with E-state index in [0.29, 0.717) is 12.3 Å². The van der Waals surface area contributed by atoms with Crippen LogP contribution in [0.15, 0.2) is 0 Å². The molecule has 2 N–H and O–H groups in total. The average molecular weight is 256 g/mol. The molecule has 0 spiro atoms. The highest BCUT2D eigenvalue weighted by molar-refractivity contribution is 5.76. The van der Waals surface area contributed by atoms with Gasteiger partial charge >= 0.3 is 0 Å². The zero-order valence-corrected chi connectivity index (χ0v) is 12.7. The molecular weight excluding hydrogens is 224 g/mol. The molecule has 0 aromatic rings. The van der Waals surface area contributed by atoms with Crippen LogP contribution < -0.4 is 10.6 Å². The summed E-state index contributed by atoms with van der Waals surface area (Å²) in [6, 6.07) is 0. The van der Waals surface area contributed by atoms with Gasteiger partial charge in [0.05, 0.1) is 0 Å². The minimum absolute atomic E-state index is 0.165. The molecule has 0 aliphatic carbocycles. The van der Waals surface area contributed by atoms with Crippen LogP contribution in [0.1, 0.15) is 59.8 Å². The van der Waals surface area contributed by atoms with Gasteiger partial charge in [-0.3, -0.25) is 4.79 Å². The summed E-state index contributed by atoms with van der Waals surface area (Å²) in [5, 5.41) is 6.34. The fraction of sp³-hybridized carbons (Fsp3) is 0.933.